The van der Waals surface area contributed by atoms with Crippen LogP contribution < -0.4 is 5.73 Å². The van der Waals surface area contributed by atoms with Crippen LogP contribution in [0.15, 0.2) is 6.33 Å². The lowest BCUT2D eigenvalue weighted by atomic mass is 10.4. The molecule has 0 radical (unpaired) electrons. The third-order valence-corrected chi connectivity index (χ3v) is 2.84. The number of anilines is 1. The van der Waals surface area contributed by atoms with Crippen molar-refractivity contribution >= 4 is 11.8 Å². The van der Waals surface area contributed by atoms with Gasteiger partial charge in [0.1, 0.15) is 5.82 Å². The van der Waals surface area contributed by atoms with Gasteiger partial charge < -0.3 is 15.0 Å². The summed E-state index contributed by atoms with van der Waals surface area (Å²) < 4.78 is 43.2. The number of aromatic nitrogens is 2. The molecule has 1 fully saturated rings. The molecule has 2 N–H and O–H groups in total. The minimum atomic E-state index is -4.24. The van der Waals surface area contributed by atoms with Crippen molar-refractivity contribution in [3.8, 4) is 0 Å². The van der Waals surface area contributed by atoms with E-state index in [4.69, 9.17) is 10.5 Å². The molecule has 2 rings (SSSR count). The Labute approximate surface area is 101 Å². The highest BCUT2D eigenvalue weighted by Crippen LogP contribution is 2.54. The number of nitrogens with two attached hydrogens (primary N) is 1. The summed E-state index contributed by atoms with van der Waals surface area (Å²) in [6.45, 7) is 1.77. The molecular formula is C10H12F3N3O2. The molecule has 0 aromatic carbocycles. The first kappa shape index (κ1) is 12.7. The number of alkyl halides is 3. The van der Waals surface area contributed by atoms with Gasteiger partial charge in [0.2, 0.25) is 0 Å². The quantitative estimate of drug-likeness (QED) is 0.844. The summed E-state index contributed by atoms with van der Waals surface area (Å²) in [5, 5.41) is 0. The average Bonchev–Trinajstić information content (AvgIpc) is 2.97. The van der Waals surface area contributed by atoms with Gasteiger partial charge in [-0.3, -0.25) is 0 Å². The summed E-state index contributed by atoms with van der Waals surface area (Å²) in [5.74, 6) is -2.22. The third-order valence-electron chi connectivity index (χ3n) is 2.84. The number of nitrogens with zero attached hydrogens (tertiary/aromatic N) is 2. The van der Waals surface area contributed by atoms with E-state index in [2.05, 4.69) is 4.98 Å². The Bertz CT molecular complexity index is 469. The number of carbonyl (C=O) groups is 1. The Balaban J connectivity index is 2.16. The smallest absolute Gasteiger partial charge is 0.393 e. The predicted octanol–water partition coefficient (Wildman–Crippen LogP) is 1.77. The zero-order chi connectivity index (χ0) is 13.5. The maximum absolute atomic E-state index is 12.4. The van der Waals surface area contributed by atoms with Crippen LogP contribution in [0, 0.1) is 5.92 Å². The molecule has 1 aliphatic carbocycles. The van der Waals surface area contributed by atoms with Gasteiger partial charge in [-0.25, -0.2) is 9.78 Å². The van der Waals surface area contributed by atoms with E-state index in [1.807, 2.05) is 0 Å². The molecule has 0 amide bonds. The number of nitrogen functional groups attached to an aromatic ring is 1. The van der Waals surface area contributed by atoms with E-state index < -0.39 is 24.1 Å². The topological polar surface area (TPSA) is 70.1 Å². The minimum Gasteiger partial charge on any atom is -0.461 e. The largest absolute Gasteiger partial charge is 0.461 e. The summed E-state index contributed by atoms with van der Waals surface area (Å²) in [6.07, 6.45) is -3.13. The number of imidazole rings is 1. The Morgan fingerprint density at radius 2 is 2.33 bits per heavy atom. The molecule has 1 aromatic rings. The first-order chi connectivity index (χ1) is 8.36. The van der Waals surface area contributed by atoms with E-state index in [-0.39, 0.29) is 24.5 Å². The summed E-state index contributed by atoms with van der Waals surface area (Å²) in [5.41, 5.74) is 5.48. The first-order valence-corrected chi connectivity index (χ1v) is 5.42. The fourth-order valence-corrected chi connectivity index (χ4v) is 1.83. The number of esters is 1. The molecule has 1 heterocycles. The van der Waals surface area contributed by atoms with E-state index >= 15 is 0 Å². The van der Waals surface area contributed by atoms with Gasteiger partial charge in [0.05, 0.1) is 18.9 Å². The van der Waals surface area contributed by atoms with Crippen LogP contribution in [0.4, 0.5) is 19.0 Å². The SMILES string of the molecule is CCOC(=O)c1ncn([C@H]2CC2C(F)(F)F)c1N. The molecule has 18 heavy (non-hydrogen) atoms. The van der Waals surface area contributed by atoms with Gasteiger partial charge in [-0.05, 0) is 13.3 Å². The van der Waals surface area contributed by atoms with Crippen molar-refractivity contribution in [3.63, 3.8) is 0 Å². The molecule has 1 unspecified atom stereocenters. The minimum absolute atomic E-state index is 0.0354. The van der Waals surface area contributed by atoms with E-state index in [9.17, 15) is 18.0 Å². The zero-order valence-corrected chi connectivity index (χ0v) is 9.57. The highest BCUT2D eigenvalue weighted by Gasteiger charge is 2.57. The van der Waals surface area contributed by atoms with E-state index in [0.717, 1.165) is 6.33 Å². The summed E-state index contributed by atoms with van der Waals surface area (Å²) in [4.78, 5) is 15.1. The third kappa shape index (κ3) is 2.14. The lowest BCUT2D eigenvalue weighted by Crippen LogP contribution is -2.14. The number of hydrogen-bond acceptors (Lipinski definition) is 4. The molecule has 0 saturated heterocycles. The monoisotopic (exact) mass is 263 g/mol. The second-order valence-electron chi connectivity index (χ2n) is 4.06. The van der Waals surface area contributed by atoms with Crippen LogP contribution in [-0.2, 0) is 4.74 Å². The average molecular weight is 263 g/mol. The fourth-order valence-electron chi connectivity index (χ4n) is 1.83. The number of hydrogen-bond donors (Lipinski definition) is 1. The van der Waals surface area contributed by atoms with Crippen LogP contribution in [-0.4, -0.2) is 28.3 Å². The van der Waals surface area contributed by atoms with Gasteiger partial charge in [0, 0.05) is 6.04 Å². The highest BCUT2D eigenvalue weighted by atomic mass is 19.4. The number of carbonyl (C=O) groups excluding carboxylic acids is 1. The van der Waals surface area contributed by atoms with Gasteiger partial charge >= 0.3 is 12.1 Å². The predicted molar refractivity (Wildman–Crippen MR) is 55.8 cm³/mol. The molecule has 0 bridgehead atoms. The molecule has 2 atom stereocenters. The number of halogens is 3. The lowest BCUT2D eigenvalue weighted by molar-refractivity contribution is -0.150. The molecule has 0 spiro atoms. The standard InChI is InChI=1S/C10H12F3N3O2/c1-2-18-9(17)7-8(14)16(4-15-7)6-3-5(6)10(11,12)13/h4-6H,2-3,14H2,1H3/t5?,6-/m0/s1. The maximum Gasteiger partial charge on any atom is 0.393 e. The normalized spacial score (nSPS) is 22.9. The van der Waals surface area contributed by atoms with Crippen LogP contribution in [0.1, 0.15) is 29.9 Å². The van der Waals surface area contributed by atoms with Crippen LogP contribution in [0.25, 0.3) is 0 Å². The van der Waals surface area contributed by atoms with Gasteiger partial charge in [0.15, 0.2) is 5.69 Å². The van der Waals surface area contributed by atoms with Crippen LogP contribution in [0.3, 0.4) is 0 Å². The Morgan fingerprint density at radius 1 is 1.67 bits per heavy atom. The Hall–Kier alpha value is -1.73. The molecular weight excluding hydrogens is 251 g/mol. The zero-order valence-electron chi connectivity index (χ0n) is 9.57. The van der Waals surface area contributed by atoms with E-state index in [1.54, 1.807) is 6.92 Å². The van der Waals surface area contributed by atoms with Gasteiger partial charge in [0.25, 0.3) is 0 Å². The van der Waals surface area contributed by atoms with Crippen LogP contribution in [0.5, 0.6) is 0 Å². The van der Waals surface area contributed by atoms with Crippen molar-refractivity contribution in [2.75, 3.05) is 12.3 Å². The summed E-state index contributed by atoms with van der Waals surface area (Å²) >= 11 is 0. The first-order valence-electron chi connectivity index (χ1n) is 5.42. The molecule has 8 heteroatoms. The summed E-state index contributed by atoms with van der Waals surface area (Å²) in [6, 6.07) is -0.763. The van der Waals surface area contributed by atoms with Gasteiger partial charge in [-0.15, -0.1) is 0 Å². The van der Waals surface area contributed by atoms with Crippen molar-refractivity contribution < 1.29 is 22.7 Å². The molecule has 1 saturated carbocycles. The fraction of sp³-hybridized carbons (Fsp3) is 0.600. The molecule has 0 aliphatic heterocycles. The summed E-state index contributed by atoms with van der Waals surface area (Å²) in [7, 11) is 0. The second kappa shape index (κ2) is 4.18. The second-order valence-corrected chi connectivity index (χ2v) is 4.06. The van der Waals surface area contributed by atoms with Crippen molar-refractivity contribution in [3.05, 3.63) is 12.0 Å². The van der Waals surface area contributed by atoms with Crippen LogP contribution in [0.2, 0.25) is 0 Å². The van der Waals surface area contributed by atoms with Crippen molar-refractivity contribution in [1.29, 1.82) is 0 Å². The van der Waals surface area contributed by atoms with Crippen molar-refractivity contribution in [1.82, 2.24) is 9.55 Å². The van der Waals surface area contributed by atoms with Crippen LogP contribution >= 0.6 is 0 Å². The number of rotatable bonds is 3. The van der Waals surface area contributed by atoms with E-state index in [0.29, 0.717) is 0 Å². The Kier molecular flexibility index (Phi) is 2.95. The van der Waals surface area contributed by atoms with Crippen molar-refractivity contribution in [2.45, 2.75) is 25.6 Å². The van der Waals surface area contributed by atoms with E-state index in [1.165, 1.54) is 4.57 Å². The number of ether oxygens (including phenoxy) is 1. The van der Waals surface area contributed by atoms with Gasteiger partial charge in [-0.2, -0.15) is 13.2 Å². The lowest BCUT2D eigenvalue weighted by Gasteiger charge is -2.07. The Morgan fingerprint density at radius 3 is 2.83 bits per heavy atom. The molecule has 5 nitrogen and oxygen atoms in total. The highest BCUT2D eigenvalue weighted by molar-refractivity contribution is 5.92. The molecule has 1 aliphatic rings. The molecule has 1 aromatic heterocycles. The molecule has 100 valence electrons. The van der Waals surface area contributed by atoms with Crippen molar-refractivity contribution in [2.24, 2.45) is 5.92 Å². The maximum atomic E-state index is 12.4. The van der Waals surface area contributed by atoms with Gasteiger partial charge in [-0.1, -0.05) is 0 Å².